The molecule has 2 N–H and O–H groups in total. The van der Waals surface area contributed by atoms with Gasteiger partial charge >= 0.3 is 0 Å². The number of carbonyl (C=O) groups is 1. The van der Waals surface area contributed by atoms with Gasteiger partial charge in [-0.05, 0) is 36.1 Å². The van der Waals surface area contributed by atoms with Gasteiger partial charge in [-0.25, -0.2) is 0 Å². The first-order valence-electron chi connectivity index (χ1n) is 7.85. The maximum Gasteiger partial charge on any atom is 0.240 e. The first kappa shape index (κ1) is 17.3. The van der Waals surface area contributed by atoms with E-state index in [4.69, 9.17) is 4.74 Å². The van der Waals surface area contributed by atoms with Crippen LogP contribution in [0.2, 0.25) is 0 Å². The molecule has 0 bridgehead atoms. The van der Waals surface area contributed by atoms with Crippen molar-refractivity contribution in [3.8, 4) is 5.75 Å². The van der Waals surface area contributed by atoms with E-state index in [1.807, 2.05) is 35.0 Å². The molecule has 0 aliphatic carbocycles. The Kier molecular flexibility index (Phi) is 5.31. The average molecular weight is 318 g/mol. The van der Waals surface area contributed by atoms with Crippen molar-refractivity contribution in [2.24, 2.45) is 5.41 Å². The summed E-state index contributed by atoms with van der Waals surface area (Å²) in [5.74, 6) is 0.701. The van der Waals surface area contributed by atoms with E-state index in [2.05, 4.69) is 26.1 Å². The van der Waals surface area contributed by atoms with Crippen LogP contribution in [0.3, 0.4) is 0 Å². The van der Waals surface area contributed by atoms with Crippen LogP contribution in [-0.2, 0) is 11.3 Å². The van der Waals surface area contributed by atoms with E-state index in [0.29, 0.717) is 0 Å². The first-order valence-corrected chi connectivity index (χ1v) is 7.85. The number of fused-ring (bicyclic) bond motifs is 1. The Hall–Kier alpha value is -2.01. The number of hydrogen-bond acceptors (Lipinski definition) is 3. The lowest BCUT2D eigenvalue weighted by atomic mass is 9.88. The normalized spacial score (nSPS) is 13.1. The van der Waals surface area contributed by atoms with Crippen LogP contribution in [0.15, 0.2) is 30.5 Å². The monoisotopic (exact) mass is 318 g/mol. The SMILES string of the molecule is COc1ccc2c(ccn2CC(=O)NC(CO)CC(C)(C)C)c1. The van der Waals surface area contributed by atoms with E-state index < -0.39 is 0 Å². The number of hydrogen-bond donors (Lipinski definition) is 2. The zero-order valence-electron chi connectivity index (χ0n) is 14.3. The van der Waals surface area contributed by atoms with Crippen LogP contribution in [-0.4, -0.2) is 35.3 Å². The molecule has 0 saturated heterocycles. The van der Waals surface area contributed by atoms with Crippen LogP contribution < -0.4 is 10.1 Å². The Morgan fingerprint density at radius 2 is 2.09 bits per heavy atom. The Balaban J connectivity index is 2.05. The summed E-state index contributed by atoms with van der Waals surface area (Å²) in [7, 11) is 1.63. The predicted molar refractivity (Wildman–Crippen MR) is 91.6 cm³/mol. The zero-order chi connectivity index (χ0) is 17.0. The number of amides is 1. The third-order valence-electron chi connectivity index (χ3n) is 3.74. The van der Waals surface area contributed by atoms with Gasteiger partial charge in [0.1, 0.15) is 12.3 Å². The van der Waals surface area contributed by atoms with Gasteiger partial charge in [-0.1, -0.05) is 20.8 Å². The Morgan fingerprint density at radius 1 is 1.35 bits per heavy atom. The number of ether oxygens (including phenoxy) is 1. The Labute approximate surface area is 137 Å². The highest BCUT2D eigenvalue weighted by atomic mass is 16.5. The minimum atomic E-state index is -0.218. The number of methoxy groups -OCH3 is 1. The number of carbonyl (C=O) groups excluding carboxylic acids is 1. The number of aliphatic hydroxyl groups excluding tert-OH is 1. The number of nitrogens with one attached hydrogen (secondary N) is 1. The van der Waals surface area contributed by atoms with Gasteiger partial charge in [0.25, 0.3) is 0 Å². The molecule has 2 rings (SSSR count). The molecule has 0 aliphatic rings. The quantitative estimate of drug-likeness (QED) is 0.860. The van der Waals surface area contributed by atoms with Gasteiger partial charge in [-0.2, -0.15) is 0 Å². The lowest BCUT2D eigenvalue weighted by Crippen LogP contribution is -2.41. The second kappa shape index (κ2) is 7.04. The molecule has 1 unspecified atom stereocenters. The highest BCUT2D eigenvalue weighted by Gasteiger charge is 2.20. The minimum Gasteiger partial charge on any atom is -0.497 e. The van der Waals surface area contributed by atoms with Crippen LogP contribution >= 0.6 is 0 Å². The Bertz CT molecular complexity index is 670. The summed E-state index contributed by atoms with van der Waals surface area (Å²) >= 11 is 0. The lowest BCUT2D eigenvalue weighted by Gasteiger charge is -2.25. The van der Waals surface area contributed by atoms with Crippen molar-refractivity contribution in [2.75, 3.05) is 13.7 Å². The van der Waals surface area contributed by atoms with Crippen molar-refractivity contribution in [3.63, 3.8) is 0 Å². The fourth-order valence-corrected chi connectivity index (χ4v) is 2.77. The number of rotatable bonds is 6. The average Bonchev–Trinajstić information content (AvgIpc) is 2.87. The van der Waals surface area contributed by atoms with E-state index >= 15 is 0 Å². The minimum absolute atomic E-state index is 0.0490. The standard InChI is InChI=1S/C18H26N2O3/c1-18(2,3)10-14(12-21)19-17(22)11-20-8-7-13-9-15(23-4)5-6-16(13)20/h5-9,14,21H,10-12H2,1-4H3,(H,19,22). The molecular formula is C18H26N2O3. The topological polar surface area (TPSA) is 63.5 Å². The third kappa shape index (κ3) is 4.73. The van der Waals surface area contributed by atoms with Gasteiger partial charge in [0.05, 0.1) is 19.8 Å². The summed E-state index contributed by atoms with van der Waals surface area (Å²) in [4.78, 5) is 12.3. The van der Waals surface area contributed by atoms with Crippen LogP contribution in [0, 0.1) is 5.41 Å². The molecule has 0 spiro atoms. The summed E-state index contributed by atoms with van der Waals surface area (Å²) in [5.41, 5.74) is 1.04. The number of aromatic nitrogens is 1. The molecule has 0 saturated carbocycles. The fourth-order valence-electron chi connectivity index (χ4n) is 2.77. The second-order valence-corrected chi connectivity index (χ2v) is 7.08. The third-order valence-corrected chi connectivity index (χ3v) is 3.74. The Morgan fingerprint density at radius 3 is 2.70 bits per heavy atom. The molecule has 1 heterocycles. The van der Waals surface area contributed by atoms with E-state index in [0.717, 1.165) is 23.1 Å². The van der Waals surface area contributed by atoms with Crippen LogP contribution in [0.5, 0.6) is 5.75 Å². The molecule has 23 heavy (non-hydrogen) atoms. The van der Waals surface area contributed by atoms with Crippen molar-refractivity contribution in [3.05, 3.63) is 30.5 Å². The van der Waals surface area contributed by atoms with Gasteiger partial charge in [-0.15, -0.1) is 0 Å². The molecule has 1 aromatic heterocycles. The smallest absolute Gasteiger partial charge is 0.240 e. The summed E-state index contributed by atoms with van der Waals surface area (Å²) in [6, 6.07) is 7.51. The lowest BCUT2D eigenvalue weighted by molar-refractivity contribution is -0.122. The molecule has 0 radical (unpaired) electrons. The van der Waals surface area contributed by atoms with Gasteiger partial charge in [0.2, 0.25) is 5.91 Å². The fraction of sp³-hybridized carbons (Fsp3) is 0.500. The van der Waals surface area contributed by atoms with E-state index in [1.54, 1.807) is 7.11 Å². The predicted octanol–water partition coefficient (Wildman–Crippen LogP) is 2.56. The molecule has 126 valence electrons. The van der Waals surface area contributed by atoms with Crippen molar-refractivity contribution < 1.29 is 14.6 Å². The first-order chi connectivity index (χ1) is 10.8. The van der Waals surface area contributed by atoms with Crippen molar-refractivity contribution in [1.29, 1.82) is 0 Å². The van der Waals surface area contributed by atoms with Gasteiger partial charge < -0.3 is 19.7 Å². The molecular weight excluding hydrogens is 292 g/mol. The second-order valence-electron chi connectivity index (χ2n) is 7.08. The summed E-state index contributed by atoms with van der Waals surface area (Å²) in [6.07, 6.45) is 2.63. The van der Waals surface area contributed by atoms with Gasteiger partial charge in [0, 0.05) is 17.1 Å². The number of benzene rings is 1. The van der Waals surface area contributed by atoms with Crippen molar-refractivity contribution in [1.82, 2.24) is 9.88 Å². The molecule has 2 aromatic rings. The largest absolute Gasteiger partial charge is 0.497 e. The summed E-state index contributed by atoms with van der Waals surface area (Å²) in [5, 5.41) is 13.4. The molecule has 1 atom stereocenters. The van der Waals surface area contributed by atoms with Gasteiger partial charge in [-0.3, -0.25) is 4.79 Å². The maximum atomic E-state index is 12.3. The van der Waals surface area contributed by atoms with Crippen molar-refractivity contribution in [2.45, 2.75) is 39.8 Å². The molecule has 5 nitrogen and oxygen atoms in total. The van der Waals surface area contributed by atoms with E-state index in [1.165, 1.54) is 0 Å². The zero-order valence-corrected chi connectivity index (χ0v) is 14.3. The van der Waals surface area contributed by atoms with Crippen LogP contribution in [0.25, 0.3) is 10.9 Å². The molecule has 5 heteroatoms. The van der Waals surface area contributed by atoms with Gasteiger partial charge in [0.15, 0.2) is 0 Å². The molecule has 1 amide bonds. The molecule has 1 aromatic carbocycles. The van der Waals surface area contributed by atoms with E-state index in [-0.39, 0.29) is 30.5 Å². The number of nitrogens with zero attached hydrogens (tertiary/aromatic N) is 1. The molecule has 0 fully saturated rings. The highest BCUT2D eigenvalue weighted by molar-refractivity contribution is 5.84. The number of aliphatic hydroxyl groups is 1. The highest BCUT2D eigenvalue weighted by Crippen LogP contribution is 2.22. The van der Waals surface area contributed by atoms with Crippen LogP contribution in [0.1, 0.15) is 27.2 Å². The molecule has 0 aliphatic heterocycles. The van der Waals surface area contributed by atoms with Crippen molar-refractivity contribution >= 4 is 16.8 Å². The summed E-state index contributed by atoms with van der Waals surface area (Å²) in [6.45, 7) is 6.46. The summed E-state index contributed by atoms with van der Waals surface area (Å²) < 4.78 is 7.11. The van der Waals surface area contributed by atoms with E-state index in [9.17, 15) is 9.90 Å². The maximum absolute atomic E-state index is 12.3. The van der Waals surface area contributed by atoms with Crippen LogP contribution in [0.4, 0.5) is 0 Å².